The Morgan fingerprint density at radius 3 is 2.17 bits per heavy atom. The third-order valence-electron chi connectivity index (χ3n) is 10.1. The molecule has 2 heterocycles. The fraction of sp³-hybridized carbons (Fsp3) is 0.0667. The predicted octanol–water partition coefficient (Wildman–Crippen LogP) is 12.0. The van der Waals surface area contributed by atoms with Crippen LogP contribution >= 0.6 is 0 Å². The fourth-order valence-corrected chi connectivity index (χ4v) is 7.90. The van der Waals surface area contributed by atoms with E-state index in [0.29, 0.717) is 0 Å². The van der Waals surface area contributed by atoms with E-state index in [0.717, 1.165) is 16.8 Å². The van der Waals surface area contributed by atoms with E-state index in [4.69, 9.17) is 0 Å². The maximum atomic E-state index is 4.53. The van der Waals surface area contributed by atoms with Gasteiger partial charge in [-0.15, -0.1) is 0 Å². The number of anilines is 2. The molecule has 6 aromatic carbocycles. The third kappa shape index (κ3) is 4.11. The van der Waals surface area contributed by atoms with E-state index in [9.17, 15) is 0 Å². The summed E-state index contributed by atoms with van der Waals surface area (Å²) in [7, 11) is 0. The average Bonchev–Trinajstić information content (AvgIpc) is 3.56. The Kier molecular flexibility index (Phi) is 6.04. The van der Waals surface area contributed by atoms with E-state index in [1.54, 1.807) is 0 Å². The lowest BCUT2D eigenvalue weighted by Gasteiger charge is -2.31. The van der Waals surface area contributed by atoms with Crippen LogP contribution in [-0.4, -0.2) is 4.57 Å². The van der Waals surface area contributed by atoms with Crippen LogP contribution in [0.25, 0.3) is 55.3 Å². The molecule has 0 radical (unpaired) electrons. The molecule has 0 saturated heterocycles. The topological polar surface area (TPSA) is 8.17 Å². The minimum absolute atomic E-state index is 0.125. The maximum Gasteiger partial charge on any atom is 0.0541 e. The highest BCUT2D eigenvalue weighted by atomic mass is 15.1. The van der Waals surface area contributed by atoms with Crippen LogP contribution < -0.4 is 4.90 Å². The van der Waals surface area contributed by atoms with Gasteiger partial charge in [-0.25, -0.2) is 0 Å². The van der Waals surface area contributed by atoms with Crippen LogP contribution in [0, 0.1) is 0 Å². The Balaban J connectivity index is 1.20. The van der Waals surface area contributed by atoms with Gasteiger partial charge in [-0.2, -0.15) is 0 Å². The fourth-order valence-electron chi connectivity index (χ4n) is 7.90. The highest BCUT2D eigenvalue weighted by Crippen LogP contribution is 2.53. The number of hydrogen-bond donors (Lipinski definition) is 0. The Morgan fingerprint density at radius 2 is 1.28 bits per heavy atom. The molecule has 0 amide bonds. The summed E-state index contributed by atoms with van der Waals surface area (Å²) in [4.78, 5) is 2.36. The van der Waals surface area contributed by atoms with Gasteiger partial charge in [-0.1, -0.05) is 118 Å². The Morgan fingerprint density at radius 1 is 0.553 bits per heavy atom. The number of hydrogen-bond acceptors (Lipinski definition) is 1. The molecule has 0 atom stereocenters. The molecule has 1 aliphatic carbocycles. The first kappa shape index (κ1) is 27.5. The van der Waals surface area contributed by atoms with Crippen molar-refractivity contribution in [3.05, 3.63) is 181 Å². The van der Waals surface area contributed by atoms with Crippen LogP contribution in [0.4, 0.5) is 11.4 Å². The first-order valence-corrected chi connectivity index (χ1v) is 16.3. The van der Waals surface area contributed by atoms with Crippen LogP contribution in [0.2, 0.25) is 0 Å². The summed E-state index contributed by atoms with van der Waals surface area (Å²) in [6, 6.07) is 48.6. The zero-order valence-corrected chi connectivity index (χ0v) is 26.6. The minimum atomic E-state index is -0.125. The quantitative estimate of drug-likeness (QED) is 0.195. The summed E-state index contributed by atoms with van der Waals surface area (Å²) in [5.74, 6) is 0. The summed E-state index contributed by atoms with van der Waals surface area (Å²) in [6.07, 6.45) is 8.52. The van der Waals surface area contributed by atoms with Crippen molar-refractivity contribution in [2.45, 2.75) is 19.3 Å². The number of allylic oxidation sites excluding steroid dienone is 4. The van der Waals surface area contributed by atoms with Crippen molar-refractivity contribution in [3.63, 3.8) is 0 Å². The van der Waals surface area contributed by atoms with E-state index in [2.05, 4.69) is 188 Å². The van der Waals surface area contributed by atoms with Crippen LogP contribution in [0.3, 0.4) is 0 Å². The second-order valence-corrected chi connectivity index (χ2v) is 13.1. The molecule has 2 aliphatic rings. The molecule has 0 fully saturated rings. The van der Waals surface area contributed by atoms with E-state index in [-0.39, 0.29) is 5.41 Å². The average molecular weight is 603 g/mol. The molecule has 7 aromatic rings. The molecule has 47 heavy (non-hydrogen) atoms. The first-order valence-electron chi connectivity index (χ1n) is 16.3. The smallest absolute Gasteiger partial charge is 0.0541 e. The van der Waals surface area contributed by atoms with Crippen molar-refractivity contribution in [3.8, 4) is 27.9 Å². The van der Waals surface area contributed by atoms with Gasteiger partial charge in [-0.3, -0.25) is 0 Å². The molecular weight excluding hydrogens is 569 g/mol. The third-order valence-corrected chi connectivity index (χ3v) is 10.1. The number of benzene rings is 6. The van der Waals surface area contributed by atoms with Crippen LogP contribution in [0.1, 0.15) is 30.5 Å². The largest absolute Gasteiger partial charge is 0.316 e. The number of rotatable bonds is 3. The summed E-state index contributed by atoms with van der Waals surface area (Å²) in [6.45, 7) is 9.23. The summed E-state index contributed by atoms with van der Waals surface area (Å²) < 4.78 is 2.36. The van der Waals surface area contributed by atoms with Crippen LogP contribution in [0.5, 0.6) is 0 Å². The van der Waals surface area contributed by atoms with Gasteiger partial charge >= 0.3 is 0 Å². The van der Waals surface area contributed by atoms with Gasteiger partial charge in [0.25, 0.3) is 0 Å². The predicted molar refractivity (Wildman–Crippen MR) is 200 cm³/mol. The van der Waals surface area contributed by atoms with Crippen molar-refractivity contribution in [2.24, 2.45) is 0 Å². The lowest BCUT2D eigenvalue weighted by atomic mass is 9.81. The van der Waals surface area contributed by atoms with Gasteiger partial charge in [0.05, 0.1) is 22.4 Å². The Hall–Kier alpha value is -5.86. The lowest BCUT2D eigenvalue weighted by Crippen LogP contribution is -2.21. The van der Waals surface area contributed by atoms with E-state index < -0.39 is 0 Å². The van der Waals surface area contributed by atoms with E-state index in [1.807, 2.05) is 0 Å². The van der Waals surface area contributed by atoms with Crippen molar-refractivity contribution >= 4 is 38.8 Å². The second-order valence-electron chi connectivity index (χ2n) is 13.1. The molecular formula is C45H34N2. The molecule has 0 bridgehead atoms. The number of nitrogens with zero attached hydrogens (tertiary/aromatic N) is 2. The van der Waals surface area contributed by atoms with Gasteiger partial charge in [0, 0.05) is 33.6 Å². The van der Waals surface area contributed by atoms with Crippen LogP contribution in [-0.2, 0) is 5.41 Å². The zero-order valence-electron chi connectivity index (χ0n) is 26.6. The Bertz CT molecular complexity index is 2450. The van der Waals surface area contributed by atoms with E-state index >= 15 is 0 Å². The molecule has 0 saturated carbocycles. The first-order chi connectivity index (χ1) is 23.0. The van der Waals surface area contributed by atoms with Gasteiger partial charge in [0.2, 0.25) is 0 Å². The van der Waals surface area contributed by atoms with Crippen molar-refractivity contribution in [2.75, 3.05) is 4.90 Å². The van der Waals surface area contributed by atoms with E-state index in [1.165, 1.54) is 66.6 Å². The van der Waals surface area contributed by atoms with Crippen LogP contribution in [0.15, 0.2) is 164 Å². The van der Waals surface area contributed by atoms with Crippen molar-refractivity contribution < 1.29 is 0 Å². The normalized spacial score (nSPS) is 16.0. The molecule has 1 aliphatic heterocycles. The highest BCUT2D eigenvalue weighted by Gasteiger charge is 2.38. The zero-order chi connectivity index (χ0) is 31.7. The molecule has 0 N–H and O–H groups in total. The SMILES string of the molecule is C=C1/C=C\C=C/N(c2cccc3c2C(C)(C)c2ccccc2-3)c2ccc(-c3ccc4c(c3)c3ccccc3n4-c3ccccc3)cc21. The molecule has 9 rings (SSSR count). The highest BCUT2D eigenvalue weighted by molar-refractivity contribution is 6.10. The standard InChI is InChI=1S/C45H34N2/c1-30-14-11-12-27-46(43-22-13-19-36-34-17-7-9-20-39(34)45(2,3)44(36)43)40-25-23-31(28-37(30)40)32-24-26-42-38(29-32)35-18-8-10-21-41(35)47(42)33-15-5-4-6-16-33/h4-29H,1H2,2-3H3/b14-11-,27-12-. The molecule has 0 unspecified atom stereocenters. The second kappa shape index (κ2) is 10.3. The van der Waals surface area contributed by atoms with Gasteiger partial charge in [0.1, 0.15) is 0 Å². The minimum Gasteiger partial charge on any atom is -0.316 e. The summed E-state index contributed by atoms with van der Waals surface area (Å²) in [5, 5.41) is 2.50. The summed E-state index contributed by atoms with van der Waals surface area (Å²) >= 11 is 0. The molecule has 1 aromatic heterocycles. The number of para-hydroxylation sites is 2. The molecule has 2 nitrogen and oxygen atoms in total. The Labute approximate surface area is 275 Å². The molecule has 224 valence electrons. The monoisotopic (exact) mass is 602 g/mol. The van der Waals surface area contributed by atoms with Crippen molar-refractivity contribution in [1.82, 2.24) is 4.57 Å². The number of aromatic nitrogens is 1. The molecule has 2 heteroatoms. The lowest BCUT2D eigenvalue weighted by molar-refractivity contribution is 0.660. The molecule has 0 spiro atoms. The summed E-state index contributed by atoms with van der Waals surface area (Å²) in [5.41, 5.74) is 15.6. The van der Waals surface area contributed by atoms with Gasteiger partial charge in [-0.05, 0) is 93.6 Å². The number of fused-ring (bicyclic) bond motifs is 7. The van der Waals surface area contributed by atoms with Gasteiger partial charge < -0.3 is 9.47 Å². The van der Waals surface area contributed by atoms with Crippen molar-refractivity contribution in [1.29, 1.82) is 0 Å². The van der Waals surface area contributed by atoms with Gasteiger partial charge in [0.15, 0.2) is 0 Å². The maximum absolute atomic E-state index is 4.53.